The van der Waals surface area contributed by atoms with Crippen LogP contribution >= 0.6 is 0 Å². The molecule has 0 aromatic carbocycles. The fraction of sp³-hybridized carbons (Fsp3) is 0.536. The summed E-state index contributed by atoms with van der Waals surface area (Å²) in [5.74, 6) is 1.56. The van der Waals surface area contributed by atoms with Gasteiger partial charge in [0.15, 0.2) is 6.29 Å². The van der Waals surface area contributed by atoms with Crippen molar-refractivity contribution in [3.05, 3.63) is 155 Å². The van der Waals surface area contributed by atoms with Gasteiger partial charge < -0.3 is 35.0 Å². The van der Waals surface area contributed by atoms with E-state index in [0.717, 1.165) is 55.2 Å². The van der Waals surface area contributed by atoms with Crippen LogP contribution in [0.5, 0.6) is 0 Å². The van der Waals surface area contributed by atoms with E-state index in [1.54, 1.807) is 0 Å². The summed E-state index contributed by atoms with van der Waals surface area (Å²) in [7, 11) is 0. The molecule has 0 spiro atoms. The third kappa shape index (κ3) is 16.4. The molecule has 63 heavy (non-hydrogen) atoms. The molecule has 3 aliphatic rings. The Hall–Kier alpha value is -3.66. The van der Waals surface area contributed by atoms with Crippen molar-refractivity contribution in [1.29, 1.82) is 0 Å². The van der Waals surface area contributed by atoms with E-state index >= 15 is 0 Å². The molecule has 2 saturated carbocycles. The molecule has 0 amide bonds. The minimum atomic E-state index is -1.46. The van der Waals surface area contributed by atoms with Crippen molar-refractivity contribution in [3.63, 3.8) is 0 Å². The minimum absolute atomic E-state index is 0.00914. The third-order valence-corrected chi connectivity index (χ3v) is 13.7. The number of ether oxygens (including phenoxy) is 2. The van der Waals surface area contributed by atoms with Gasteiger partial charge in [0.2, 0.25) is 0 Å². The fourth-order valence-electron chi connectivity index (χ4n) is 9.01. The zero-order chi connectivity index (χ0) is 46.9. The lowest BCUT2D eigenvalue weighted by molar-refractivity contribution is -0.299. The molecule has 7 heteroatoms. The van der Waals surface area contributed by atoms with Crippen LogP contribution in [0.15, 0.2) is 155 Å². The number of hydrogen-bond acceptors (Lipinski definition) is 7. The number of rotatable bonds is 19. The van der Waals surface area contributed by atoms with Gasteiger partial charge in [-0.15, -0.1) is 0 Å². The summed E-state index contributed by atoms with van der Waals surface area (Å²) < 4.78 is 11.2. The first-order chi connectivity index (χ1) is 29.7. The summed E-state index contributed by atoms with van der Waals surface area (Å²) >= 11 is 0. The summed E-state index contributed by atoms with van der Waals surface area (Å²) in [4.78, 5) is 0. The van der Waals surface area contributed by atoms with E-state index in [2.05, 4.69) is 166 Å². The highest BCUT2D eigenvalue weighted by molar-refractivity contribution is 5.33. The minimum Gasteiger partial charge on any atom is -0.394 e. The van der Waals surface area contributed by atoms with Crippen LogP contribution < -0.4 is 0 Å². The van der Waals surface area contributed by atoms with Crippen LogP contribution in [-0.4, -0.2) is 76.1 Å². The second-order valence-corrected chi connectivity index (χ2v) is 19.6. The molecule has 1 aliphatic heterocycles. The molecular weight excluding hydrogens is 785 g/mol. The Bertz CT molecular complexity index is 1870. The zero-order valence-corrected chi connectivity index (χ0v) is 40.3. The van der Waals surface area contributed by atoms with E-state index in [1.165, 1.54) is 27.9 Å². The highest BCUT2D eigenvalue weighted by atomic mass is 16.7. The van der Waals surface area contributed by atoms with Crippen LogP contribution in [0.2, 0.25) is 0 Å². The van der Waals surface area contributed by atoms with E-state index < -0.39 is 37.3 Å². The summed E-state index contributed by atoms with van der Waals surface area (Å²) in [6.45, 7) is 30.5. The van der Waals surface area contributed by atoms with Crippen molar-refractivity contribution in [2.24, 2.45) is 34.5 Å². The average molecular weight is 867 g/mol. The van der Waals surface area contributed by atoms with Crippen molar-refractivity contribution >= 4 is 0 Å². The summed E-state index contributed by atoms with van der Waals surface area (Å²) in [6.07, 6.45) is 34.3. The van der Waals surface area contributed by atoms with Gasteiger partial charge in [0.1, 0.15) is 24.4 Å². The number of aliphatic hydroxyl groups excluding tert-OH is 5. The molecule has 5 N–H and O–H groups in total. The second-order valence-electron chi connectivity index (χ2n) is 19.6. The maximum atomic E-state index is 10.3. The third-order valence-electron chi connectivity index (χ3n) is 13.7. The topological polar surface area (TPSA) is 120 Å². The summed E-state index contributed by atoms with van der Waals surface area (Å²) in [6, 6.07) is 0. The second kappa shape index (κ2) is 25.7. The Labute approximate surface area is 381 Å². The quantitative estimate of drug-likeness (QED) is 0.0648. The summed E-state index contributed by atoms with van der Waals surface area (Å²) in [5, 5.41) is 49.3. The predicted octanol–water partition coefficient (Wildman–Crippen LogP) is 11.3. The van der Waals surface area contributed by atoms with Gasteiger partial charge >= 0.3 is 0 Å². The number of allylic oxidation sites excluding steroid dienone is 22. The molecular formula is C56H82O7. The molecule has 0 aromatic heterocycles. The van der Waals surface area contributed by atoms with Gasteiger partial charge in [0.05, 0.1) is 19.8 Å². The van der Waals surface area contributed by atoms with Crippen LogP contribution in [-0.2, 0) is 9.47 Å². The monoisotopic (exact) mass is 867 g/mol. The van der Waals surface area contributed by atoms with Gasteiger partial charge in [0, 0.05) is 11.8 Å². The fourth-order valence-corrected chi connectivity index (χ4v) is 9.01. The van der Waals surface area contributed by atoms with Gasteiger partial charge in [-0.3, -0.25) is 0 Å². The zero-order valence-electron chi connectivity index (χ0n) is 40.3. The van der Waals surface area contributed by atoms with Gasteiger partial charge in [-0.2, -0.15) is 0 Å². The molecule has 7 nitrogen and oxygen atoms in total. The van der Waals surface area contributed by atoms with Crippen LogP contribution in [0.25, 0.3) is 0 Å². The van der Waals surface area contributed by atoms with Crippen LogP contribution in [0.3, 0.4) is 0 Å². The molecule has 9 atom stereocenters. The van der Waals surface area contributed by atoms with Crippen molar-refractivity contribution in [3.8, 4) is 0 Å². The van der Waals surface area contributed by atoms with Gasteiger partial charge in [-0.05, 0) is 103 Å². The number of hydrogen-bond donors (Lipinski definition) is 5. The van der Waals surface area contributed by atoms with Crippen LogP contribution in [0.1, 0.15) is 108 Å². The van der Waals surface area contributed by atoms with Gasteiger partial charge in [-0.25, -0.2) is 0 Å². The maximum Gasteiger partial charge on any atom is 0.187 e. The normalized spacial score (nSPS) is 30.9. The molecule has 1 saturated heterocycles. The number of aliphatic hydroxyl groups is 5. The Morgan fingerprint density at radius 1 is 0.619 bits per heavy atom. The lowest BCUT2D eigenvalue weighted by Crippen LogP contribution is -2.59. The van der Waals surface area contributed by atoms with E-state index in [1.807, 2.05) is 13.8 Å². The van der Waals surface area contributed by atoms with Crippen molar-refractivity contribution in [2.45, 2.75) is 138 Å². The molecule has 348 valence electrons. The van der Waals surface area contributed by atoms with Crippen molar-refractivity contribution in [2.75, 3.05) is 19.8 Å². The van der Waals surface area contributed by atoms with Gasteiger partial charge in [-0.1, -0.05) is 183 Å². The van der Waals surface area contributed by atoms with E-state index in [0.29, 0.717) is 17.8 Å². The summed E-state index contributed by atoms with van der Waals surface area (Å²) in [5.41, 5.74) is 9.39. The molecule has 1 heterocycles. The first-order valence-electron chi connectivity index (χ1n) is 23.0. The largest absolute Gasteiger partial charge is 0.394 e. The highest BCUT2D eigenvalue weighted by Gasteiger charge is 2.44. The average Bonchev–Trinajstić information content (AvgIpc) is 3.22. The molecule has 3 fully saturated rings. The maximum absolute atomic E-state index is 10.3. The van der Waals surface area contributed by atoms with Crippen molar-refractivity contribution < 1.29 is 35.0 Å². The van der Waals surface area contributed by atoms with E-state index in [4.69, 9.17) is 9.47 Å². The first-order valence-corrected chi connectivity index (χ1v) is 23.0. The van der Waals surface area contributed by atoms with Crippen LogP contribution in [0, 0.1) is 34.5 Å². The molecule has 0 unspecified atom stereocenters. The molecule has 0 aromatic rings. The first kappa shape index (κ1) is 53.7. The Balaban J connectivity index is 1.50. The Morgan fingerprint density at radius 2 is 1.05 bits per heavy atom. The Morgan fingerprint density at radius 3 is 1.49 bits per heavy atom. The van der Waals surface area contributed by atoms with E-state index in [9.17, 15) is 25.5 Å². The lowest BCUT2D eigenvalue weighted by atomic mass is 9.59. The molecule has 0 bridgehead atoms. The standard InChI is InChI=1S/C56H82O7/c1-38(19-15-21-40(3)25-33-48-44(7)27-31-46(55(48,9)10)29-23-42(5)35-57)17-13-14-18-39(2)20-16-22-41(4)26-34-49-45(8)28-32-47(56(49,11)12)30-24-43(6)37-62-54-53(61)52(60)51(59)50(36-58)63-54/h13-26,33-34,46-54,57-61H,7-8,27-32,35-37H2,1-6,9-12H3/b14-13+,19-15+,20-16+,33-25+,34-26+,38-17+,39-18+,40-21+,41-22+,42-23+,43-24+/t46-,47-,48+,49-,50-,51+,52-,53-,54+/m0/s1. The van der Waals surface area contributed by atoms with Crippen LogP contribution in [0.4, 0.5) is 0 Å². The SMILES string of the molecule is C=C1CC[C@H](C/C=C(\C)CO)C(C)(C)[C@@H]1/C=C/C(C)=C/C=C/C(C)=C/C=C/C=C(C)/C=C/C=C(C)/C=C/[C@H]1C(=C)CC[C@H](C/C=C(\C)CO[C@@H]2O[C@@H](CO)[C@@H](O)[C@H](O)[C@@H]2O)C1(C)C. The smallest absolute Gasteiger partial charge is 0.187 e. The van der Waals surface area contributed by atoms with Gasteiger partial charge in [0.25, 0.3) is 0 Å². The highest BCUT2D eigenvalue weighted by Crippen LogP contribution is 2.50. The van der Waals surface area contributed by atoms with Crippen molar-refractivity contribution in [1.82, 2.24) is 0 Å². The Kier molecular flexibility index (Phi) is 21.9. The molecule has 0 radical (unpaired) electrons. The van der Waals surface area contributed by atoms with E-state index in [-0.39, 0.29) is 30.0 Å². The molecule has 2 aliphatic carbocycles. The lowest BCUT2D eigenvalue weighted by Gasteiger charge is -2.45. The predicted molar refractivity (Wildman–Crippen MR) is 263 cm³/mol. The molecule has 3 rings (SSSR count).